The molecule has 2 aromatic carbocycles. The summed E-state index contributed by atoms with van der Waals surface area (Å²) in [5.74, 6) is 9.23. The van der Waals surface area contributed by atoms with Crippen LogP contribution in [0.1, 0.15) is 25.3 Å². The minimum Gasteiger partial charge on any atom is -0.457 e. The molecule has 1 fully saturated rings. The Hall–Kier alpha value is -3.06. The number of aliphatic imine (C=N–C) groups is 2. The first-order chi connectivity index (χ1) is 13.9. The van der Waals surface area contributed by atoms with Crippen molar-refractivity contribution >= 4 is 12.1 Å². The molecule has 3 aliphatic rings. The van der Waals surface area contributed by atoms with Crippen LogP contribution in [0.3, 0.4) is 0 Å². The Morgan fingerprint density at radius 2 is 1.76 bits per heavy atom. The van der Waals surface area contributed by atoms with Gasteiger partial charge in [0.05, 0.1) is 23.6 Å². The average Bonchev–Trinajstić information content (AvgIpc) is 3.00. The molecule has 1 atom stereocenters. The monoisotopic (exact) mass is 387 g/mol. The highest BCUT2D eigenvalue weighted by atomic mass is 16.5. The first-order valence-electron chi connectivity index (χ1n) is 9.73. The van der Waals surface area contributed by atoms with E-state index in [0.29, 0.717) is 12.8 Å². The minimum absolute atomic E-state index is 0.00361. The maximum atomic E-state index is 10.2. The van der Waals surface area contributed by atoms with Crippen LogP contribution in [0.2, 0.25) is 0 Å². The number of para-hydroxylation sites is 1. The molecule has 2 heterocycles. The molecule has 1 aliphatic carbocycles. The van der Waals surface area contributed by atoms with Gasteiger partial charge in [0.2, 0.25) is 5.70 Å². The summed E-state index contributed by atoms with van der Waals surface area (Å²) in [5.41, 5.74) is 2.09. The fraction of sp³-hybridized carbons (Fsp3) is 0.217. The lowest BCUT2D eigenvalue weighted by Gasteiger charge is -2.40. The van der Waals surface area contributed by atoms with E-state index in [2.05, 4.69) is 4.99 Å². The third-order valence-corrected chi connectivity index (χ3v) is 5.67. The topological polar surface area (TPSA) is 80.2 Å². The lowest BCUT2D eigenvalue weighted by molar-refractivity contribution is -0.750. The van der Waals surface area contributed by atoms with E-state index in [-0.39, 0.29) is 10.5 Å². The highest BCUT2D eigenvalue weighted by molar-refractivity contribution is 6.00. The number of nitrogens with zero attached hydrogens (tertiary/aromatic N) is 3. The third-order valence-electron chi connectivity index (χ3n) is 5.67. The van der Waals surface area contributed by atoms with Crippen LogP contribution in [0, 0.1) is 5.92 Å². The van der Waals surface area contributed by atoms with Crippen molar-refractivity contribution in [1.82, 2.24) is 0 Å². The molecule has 0 radical (unpaired) electrons. The number of nitrogens with two attached hydrogens (primary N) is 1. The van der Waals surface area contributed by atoms with Gasteiger partial charge in [0.15, 0.2) is 0 Å². The van der Waals surface area contributed by atoms with Crippen LogP contribution in [-0.2, 0) is 0 Å². The maximum absolute atomic E-state index is 10.2. The molecule has 0 bridgehead atoms. The Morgan fingerprint density at radius 3 is 2.45 bits per heavy atom. The van der Waals surface area contributed by atoms with Gasteiger partial charge >= 0.3 is 0 Å². The predicted molar refractivity (Wildman–Crippen MR) is 112 cm³/mol. The number of rotatable bonds is 4. The van der Waals surface area contributed by atoms with Crippen molar-refractivity contribution < 1.29 is 14.4 Å². The van der Waals surface area contributed by atoms with E-state index >= 15 is 0 Å². The molecule has 0 aromatic heterocycles. The molecule has 5 rings (SSSR count). The molecular formula is C23H23N4O2+. The smallest absolute Gasteiger partial charge is 0.264 e. The van der Waals surface area contributed by atoms with E-state index in [1.807, 2.05) is 67.7 Å². The highest BCUT2D eigenvalue weighted by Crippen LogP contribution is 2.46. The standard InChI is InChI=1S/C23H23N4O2/c1-23(28)13-17(14-23)21-20-15-25-11-12-27(20,24)22(26-21)16-7-9-19(10-8-16)29-18-5-3-2-4-6-18/h2-12,15,17,28H,13-14,24H2,1H3/q+1. The number of aliphatic hydroxyl groups is 1. The summed E-state index contributed by atoms with van der Waals surface area (Å²) >= 11 is 0. The zero-order chi connectivity index (χ0) is 20.1. The summed E-state index contributed by atoms with van der Waals surface area (Å²) in [6.07, 6.45) is 6.69. The van der Waals surface area contributed by atoms with Crippen LogP contribution in [0.15, 0.2) is 88.4 Å². The van der Waals surface area contributed by atoms with Crippen LogP contribution < -0.4 is 10.6 Å². The summed E-state index contributed by atoms with van der Waals surface area (Å²) in [6, 6.07) is 17.5. The summed E-state index contributed by atoms with van der Waals surface area (Å²) < 4.78 is 5.88. The number of ether oxygens (including phenoxy) is 1. The van der Waals surface area contributed by atoms with E-state index < -0.39 is 5.60 Å². The number of quaternary nitrogens is 1. The molecule has 146 valence electrons. The van der Waals surface area contributed by atoms with E-state index in [0.717, 1.165) is 34.3 Å². The second-order valence-electron chi connectivity index (χ2n) is 8.10. The van der Waals surface area contributed by atoms with E-state index in [1.165, 1.54) is 0 Å². The Labute approximate surface area is 169 Å². The predicted octanol–water partition coefficient (Wildman–Crippen LogP) is 3.86. The second-order valence-corrected chi connectivity index (χ2v) is 8.10. The summed E-state index contributed by atoms with van der Waals surface area (Å²) in [6.45, 7) is 1.86. The molecule has 0 amide bonds. The fourth-order valence-corrected chi connectivity index (χ4v) is 4.20. The van der Waals surface area contributed by atoms with Gasteiger partial charge in [0.25, 0.3) is 5.84 Å². The van der Waals surface area contributed by atoms with Gasteiger partial charge in [0, 0.05) is 5.92 Å². The van der Waals surface area contributed by atoms with Crippen molar-refractivity contribution in [3.05, 3.63) is 84.0 Å². The molecule has 0 spiro atoms. The lowest BCUT2D eigenvalue weighted by atomic mass is 9.70. The van der Waals surface area contributed by atoms with Gasteiger partial charge in [-0.2, -0.15) is 10.8 Å². The Kier molecular flexibility index (Phi) is 4.03. The van der Waals surface area contributed by atoms with Crippen LogP contribution in [0.4, 0.5) is 0 Å². The average molecular weight is 387 g/mol. The van der Waals surface area contributed by atoms with Gasteiger partial charge in [-0.1, -0.05) is 18.2 Å². The number of fused-ring (bicyclic) bond motifs is 1. The summed E-state index contributed by atoms with van der Waals surface area (Å²) in [7, 11) is 0. The Balaban J connectivity index is 1.45. The van der Waals surface area contributed by atoms with Crippen molar-refractivity contribution in [2.45, 2.75) is 25.4 Å². The molecule has 1 saturated carbocycles. The minimum atomic E-state index is -0.626. The summed E-state index contributed by atoms with van der Waals surface area (Å²) in [5, 5.41) is 10.2. The first kappa shape index (κ1) is 18.0. The molecule has 1 unspecified atom stereocenters. The van der Waals surface area contributed by atoms with E-state index in [9.17, 15) is 5.11 Å². The number of amidine groups is 1. The van der Waals surface area contributed by atoms with Crippen molar-refractivity contribution in [1.29, 1.82) is 0 Å². The second kappa shape index (κ2) is 6.49. The third kappa shape index (κ3) is 3.11. The molecule has 2 aliphatic heterocycles. The Morgan fingerprint density at radius 1 is 1.07 bits per heavy atom. The van der Waals surface area contributed by atoms with Crippen molar-refractivity contribution in [2.75, 3.05) is 0 Å². The zero-order valence-electron chi connectivity index (χ0n) is 16.2. The van der Waals surface area contributed by atoms with Crippen LogP contribution in [0.25, 0.3) is 0 Å². The van der Waals surface area contributed by atoms with Gasteiger partial charge in [-0.05, 0) is 56.2 Å². The van der Waals surface area contributed by atoms with Gasteiger partial charge in [-0.3, -0.25) is 4.99 Å². The molecular weight excluding hydrogens is 364 g/mol. The quantitative estimate of drug-likeness (QED) is 0.618. The zero-order valence-corrected chi connectivity index (χ0v) is 16.2. The fourth-order valence-electron chi connectivity index (χ4n) is 4.20. The van der Waals surface area contributed by atoms with Crippen LogP contribution >= 0.6 is 0 Å². The maximum Gasteiger partial charge on any atom is 0.264 e. The van der Waals surface area contributed by atoms with Crippen molar-refractivity contribution in [2.24, 2.45) is 21.7 Å². The van der Waals surface area contributed by atoms with Crippen molar-refractivity contribution in [3.63, 3.8) is 0 Å². The van der Waals surface area contributed by atoms with E-state index in [4.69, 9.17) is 15.6 Å². The van der Waals surface area contributed by atoms with Gasteiger partial charge in [-0.25, -0.2) is 0 Å². The van der Waals surface area contributed by atoms with Crippen molar-refractivity contribution in [3.8, 4) is 11.5 Å². The highest BCUT2D eigenvalue weighted by Gasteiger charge is 2.50. The normalized spacial score (nSPS) is 30.0. The molecule has 6 heteroatoms. The molecule has 3 N–H and O–H groups in total. The van der Waals surface area contributed by atoms with Gasteiger partial charge in [0.1, 0.15) is 23.4 Å². The number of benzene rings is 2. The largest absolute Gasteiger partial charge is 0.457 e. The van der Waals surface area contributed by atoms with Gasteiger partial charge < -0.3 is 9.84 Å². The van der Waals surface area contributed by atoms with Gasteiger partial charge in [-0.15, -0.1) is 4.59 Å². The molecule has 29 heavy (non-hydrogen) atoms. The number of allylic oxidation sites excluding steroid dienone is 2. The SMILES string of the molecule is CC1(O)CC(C2=C3C=NC=C[N+]3(N)C(c3ccc(Oc4ccccc4)cc3)=N2)C1. The van der Waals surface area contributed by atoms with Crippen LogP contribution in [-0.4, -0.2) is 27.3 Å². The lowest BCUT2D eigenvalue weighted by Crippen LogP contribution is -2.53. The molecule has 6 nitrogen and oxygen atoms in total. The number of hydrogen-bond acceptors (Lipinski definition) is 5. The number of hydrogen-bond donors (Lipinski definition) is 2. The molecule has 0 saturated heterocycles. The first-order valence-corrected chi connectivity index (χ1v) is 9.73. The summed E-state index contributed by atoms with van der Waals surface area (Å²) in [4.78, 5) is 9.19. The van der Waals surface area contributed by atoms with E-state index in [1.54, 1.807) is 12.4 Å². The molecule has 2 aromatic rings. The Bertz CT molecular complexity index is 1060. The van der Waals surface area contributed by atoms with Crippen LogP contribution in [0.5, 0.6) is 11.5 Å².